The maximum Gasteiger partial charge on any atom is 0.241 e. The highest BCUT2D eigenvalue weighted by Gasteiger charge is 2.28. The second-order valence-electron chi connectivity index (χ2n) is 5.59. The first kappa shape index (κ1) is 15.8. The lowest BCUT2D eigenvalue weighted by Gasteiger charge is -2.16. The van der Waals surface area contributed by atoms with E-state index in [1.807, 2.05) is 0 Å². The first-order valence-corrected chi connectivity index (χ1v) is 8.38. The number of carbonyl (C=O) groups excluding carboxylic acids is 1. The molecule has 1 aromatic carbocycles. The Morgan fingerprint density at radius 2 is 1.95 bits per heavy atom. The van der Waals surface area contributed by atoms with E-state index in [1.165, 1.54) is 13.0 Å². The second kappa shape index (κ2) is 5.65. The number of sulfonamides is 1. The average Bonchev–Trinajstić information content (AvgIpc) is 3.16. The van der Waals surface area contributed by atoms with Crippen molar-refractivity contribution in [3.05, 3.63) is 23.3 Å². The topological polar surface area (TPSA) is 101 Å². The van der Waals surface area contributed by atoms with Crippen LogP contribution in [0.25, 0.3) is 0 Å². The van der Waals surface area contributed by atoms with Gasteiger partial charge in [0.15, 0.2) is 0 Å². The van der Waals surface area contributed by atoms with Crippen LogP contribution in [-0.4, -0.2) is 26.4 Å². The van der Waals surface area contributed by atoms with Crippen LogP contribution in [0.4, 0.5) is 5.69 Å². The molecule has 1 saturated carbocycles. The Hall–Kier alpha value is -1.60. The molecule has 0 bridgehead atoms. The predicted molar refractivity (Wildman–Crippen MR) is 81.3 cm³/mol. The number of amides is 1. The third-order valence-electron chi connectivity index (χ3n) is 3.58. The second-order valence-corrected chi connectivity index (χ2v) is 7.27. The molecular formula is C14H21N3O3S. The molecule has 0 radical (unpaired) electrons. The van der Waals surface area contributed by atoms with Gasteiger partial charge in [-0.15, -0.1) is 0 Å². The predicted octanol–water partition coefficient (Wildman–Crippen LogP) is 0.831. The van der Waals surface area contributed by atoms with Crippen LogP contribution in [0.5, 0.6) is 0 Å². The molecule has 1 fully saturated rings. The van der Waals surface area contributed by atoms with Gasteiger partial charge in [-0.05, 0) is 56.9 Å². The van der Waals surface area contributed by atoms with Gasteiger partial charge in [-0.25, -0.2) is 8.42 Å². The Balaban J connectivity index is 2.19. The monoisotopic (exact) mass is 311 g/mol. The largest absolute Gasteiger partial charge is 0.399 e. The normalized spacial score (nSPS) is 16.5. The van der Waals surface area contributed by atoms with E-state index in [9.17, 15) is 13.2 Å². The summed E-state index contributed by atoms with van der Waals surface area (Å²) in [4.78, 5) is 12.0. The number of nitrogen functional groups attached to an aromatic ring is 1. The molecule has 0 aliphatic heterocycles. The molecule has 6 nitrogen and oxygen atoms in total. The third-order valence-corrected chi connectivity index (χ3v) is 5.25. The van der Waals surface area contributed by atoms with Crippen molar-refractivity contribution in [3.63, 3.8) is 0 Å². The zero-order valence-electron chi connectivity index (χ0n) is 12.4. The van der Waals surface area contributed by atoms with Crippen molar-refractivity contribution in [1.29, 1.82) is 0 Å². The van der Waals surface area contributed by atoms with E-state index < -0.39 is 16.1 Å². The minimum Gasteiger partial charge on any atom is -0.399 e. The van der Waals surface area contributed by atoms with Crippen molar-refractivity contribution in [2.45, 2.75) is 50.6 Å². The minimum atomic E-state index is -3.79. The van der Waals surface area contributed by atoms with Crippen molar-refractivity contribution >= 4 is 21.6 Å². The third kappa shape index (κ3) is 3.74. The van der Waals surface area contributed by atoms with Crippen molar-refractivity contribution in [3.8, 4) is 0 Å². The number of carbonyl (C=O) groups is 1. The number of aryl methyl sites for hydroxylation is 1. The maximum atomic E-state index is 12.4. The summed E-state index contributed by atoms with van der Waals surface area (Å²) in [6.45, 7) is 5.05. The SMILES string of the molecule is Cc1cc(N)cc(S(=O)(=O)NC(C)C(=O)NC2CC2)c1C. The molecule has 0 spiro atoms. The molecule has 1 unspecified atom stereocenters. The zero-order valence-corrected chi connectivity index (χ0v) is 13.3. The standard InChI is InChI=1S/C14H21N3O3S/c1-8-6-11(15)7-13(9(8)2)21(19,20)17-10(3)14(18)16-12-4-5-12/h6-7,10,12,17H,4-5,15H2,1-3H3,(H,16,18). The molecule has 0 saturated heterocycles. The fraction of sp³-hybridized carbons (Fsp3) is 0.500. The number of hydrogen-bond acceptors (Lipinski definition) is 4. The van der Waals surface area contributed by atoms with Gasteiger partial charge in [-0.2, -0.15) is 4.72 Å². The maximum absolute atomic E-state index is 12.4. The zero-order chi connectivity index (χ0) is 15.8. The number of rotatable bonds is 5. The summed E-state index contributed by atoms with van der Waals surface area (Å²) in [5.41, 5.74) is 7.53. The molecule has 7 heteroatoms. The van der Waals surface area contributed by atoms with E-state index in [0.29, 0.717) is 11.3 Å². The molecule has 1 aliphatic rings. The van der Waals surface area contributed by atoms with Crippen LogP contribution in [-0.2, 0) is 14.8 Å². The molecule has 1 amide bonds. The minimum absolute atomic E-state index is 0.117. The molecule has 1 atom stereocenters. The number of nitrogens with one attached hydrogen (secondary N) is 2. The van der Waals surface area contributed by atoms with Crippen molar-refractivity contribution in [2.75, 3.05) is 5.73 Å². The lowest BCUT2D eigenvalue weighted by atomic mass is 10.1. The molecule has 1 aliphatic carbocycles. The van der Waals surface area contributed by atoms with E-state index in [0.717, 1.165) is 18.4 Å². The van der Waals surface area contributed by atoms with E-state index >= 15 is 0 Å². The highest BCUT2D eigenvalue weighted by Crippen LogP contribution is 2.23. The van der Waals surface area contributed by atoms with E-state index in [4.69, 9.17) is 5.73 Å². The van der Waals surface area contributed by atoms with Crippen molar-refractivity contribution in [1.82, 2.24) is 10.0 Å². The molecular weight excluding hydrogens is 290 g/mol. The van der Waals surface area contributed by atoms with Crippen molar-refractivity contribution in [2.24, 2.45) is 0 Å². The van der Waals surface area contributed by atoms with E-state index in [-0.39, 0.29) is 16.8 Å². The highest BCUT2D eigenvalue weighted by molar-refractivity contribution is 7.89. The number of nitrogens with two attached hydrogens (primary N) is 1. The highest BCUT2D eigenvalue weighted by atomic mass is 32.2. The summed E-state index contributed by atoms with van der Waals surface area (Å²) in [6, 6.07) is 2.51. The van der Waals surface area contributed by atoms with Gasteiger partial charge in [0.2, 0.25) is 15.9 Å². The van der Waals surface area contributed by atoms with Crippen LogP contribution in [0, 0.1) is 13.8 Å². The first-order valence-electron chi connectivity index (χ1n) is 6.90. The van der Waals surface area contributed by atoms with Crippen LogP contribution in [0.2, 0.25) is 0 Å². The van der Waals surface area contributed by atoms with Gasteiger partial charge in [0.05, 0.1) is 10.9 Å². The molecule has 0 heterocycles. The van der Waals surface area contributed by atoms with Gasteiger partial charge >= 0.3 is 0 Å². The fourth-order valence-electron chi connectivity index (χ4n) is 2.04. The number of hydrogen-bond donors (Lipinski definition) is 3. The van der Waals surface area contributed by atoms with Gasteiger partial charge in [0, 0.05) is 11.7 Å². The summed E-state index contributed by atoms with van der Waals surface area (Å²) < 4.78 is 27.3. The van der Waals surface area contributed by atoms with E-state index in [2.05, 4.69) is 10.0 Å². The smallest absolute Gasteiger partial charge is 0.241 e. The summed E-state index contributed by atoms with van der Waals surface area (Å²) >= 11 is 0. The summed E-state index contributed by atoms with van der Waals surface area (Å²) in [7, 11) is -3.79. The number of benzene rings is 1. The Labute approximate surface area is 125 Å². The lowest BCUT2D eigenvalue weighted by Crippen LogP contribution is -2.45. The Morgan fingerprint density at radius 1 is 1.33 bits per heavy atom. The molecule has 21 heavy (non-hydrogen) atoms. The Bertz CT molecular complexity index is 666. The quantitative estimate of drug-likeness (QED) is 0.701. The molecule has 4 N–H and O–H groups in total. The summed E-state index contributed by atoms with van der Waals surface area (Å²) in [5, 5.41) is 2.77. The van der Waals surface area contributed by atoms with Gasteiger partial charge in [-0.1, -0.05) is 0 Å². The fourth-order valence-corrected chi connectivity index (χ4v) is 3.59. The summed E-state index contributed by atoms with van der Waals surface area (Å²) in [6.07, 6.45) is 1.91. The molecule has 2 rings (SSSR count). The van der Waals surface area contributed by atoms with E-state index in [1.54, 1.807) is 19.9 Å². The summed E-state index contributed by atoms with van der Waals surface area (Å²) in [5.74, 6) is -0.306. The van der Waals surface area contributed by atoms with Crippen LogP contribution >= 0.6 is 0 Å². The number of anilines is 1. The Kier molecular flexibility index (Phi) is 4.25. The molecule has 116 valence electrons. The molecule has 1 aromatic rings. The van der Waals surface area contributed by atoms with Crippen molar-refractivity contribution < 1.29 is 13.2 Å². The van der Waals surface area contributed by atoms with Gasteiger partial charge in [-0.3, -0.25) is 4.79 Å². The first-order chi connectivity index (χ1) is 9.70. The van der Waals surface area contributed by atoms with Gasteiger partial charge < -0.3 is 11.1 Å². The van der Waals surface area contributed by atoms with Crippen LogP contribution < -0.4 is 15.8 Å². The Morgan fingerprint density at radius 3 is 2.52 bits per heavy atom. The van der Waals surface area contributed by atoms with Gasteiger partial charge in [0.25, 0.3) is 0 Å². The van der Waals surface area contributed by atoms with Gasteiger partial charge in [0.1, 0.15) is 0 Å². The van der Waals surface area contributed by atoms with Crippen LogP contribution in [0.15, 0.2) is 17.0 Å². The van der Waals surface area contributed by atoms with Crippen LogP contribution in [0.1, 0.15) is 30.9 Å². The van der Waals surface area contributed by atoms with Crippen LogP contribution in [0.3, 0.4) is 0 Å². The average molecular weight is 311 g/mol. The molecule has 0 aromatic heterocycles. The lowest BCUT2D eigenvalue weighted by molar-refractivity contribution is -0.122.